The number of rotatable bonds is 4. The second kappa shape index (κ2) is 5.86. The van der Waals surface area contributed by atoms with Crippen LogP contribution in [0.2, 0.25) is 0 Å². The maximum Gasteiger partial charge on any atom is 0.140 e. The van der Waals surface area contributed by atoms with E-state index in [1.807, 2.05) is 12.1 Å². The molecule has 0 aliphatic carbocycles. The van der Waals surface area contributed by atoms with Gasteiger partial charge in [-0.2, -0.15) is 0 Å². The first-order valence-electron chi connectivity index (χ1n) is 4.72. The third-order valence-electron chi connectivity index (χ3n) is 2.20. The summed E-state index contributed by atoms with van der Waals surface area (Å²) in [7, 11) is 0. The van der Waals surface area contributed by atoms with Crippen LogP contribution in [0, 0.1) is 5.82 Å². The van der Waals surface area contributed by atoms with Gasteiger partial charge in [-0.1, -0.05) is 35.0 Å². The minimum absolute atomic E-state index is 0.122. The third kappa shape index (κ3) is 3.35. The third-order valence-corrected chi connectivity index (χ3v) is 3.92. The van der Waals surface area contributed by atoms with E-state index < -0.39 is 0 Å². The van der Waals surface area contributed by atoms with Crippen molar-refractivity contribution in [2.45, 2.75) is 31.0 Å². The van der Waals surface area contributed by atoms with Crippen molar-refractivity contribution in [1.82, 2.24) is 0 Å². The fraction of sp³-hybridized carbons (Fsp3) is 0.455. The summed E-state index contributed by atoms with van der Waals surface area (Å²) in [6, 6.07) is 5.44. The van der Waals surface area contributed by atoms with Crippen molar-refractivity contribution < 1.29 is 4.39 Å². The number of hydrogen-bond donors (Lipinski definition) is 0. The molecule has 1 atom stereocenters. The molecule has 0 heterocycles. The van der Waals surface area contributed by atoms with Crippen LogP contribution in [0.5, 0.6) is 0 Å². The molecule has 1 aromatic rings. The quantitative estimate of drug-likeness (QED) is 0.705. The van der Waals surface area contributed by atoms with Gasteiger partial charge in [-0.3, -0.25) is 0 Å². The topological polar surface area (TPSA) is 0 Å². The van der Waals surface area contributed by atoms with Gasteiger partial charge in [0.1, 0.15) is 5.82 Å². The van der Waals surface area contributed by atoms with Gasteiger partial charge < -0.3 is 0 Å². The molecular formula is C11H13Br2F. The van der Waals surface area contributed by atoms with Gasteiger partial charge in [0.15, 0.2) is 0 Å². The number of benzene rings is 1. The van der Waals surface area contributed by atoms with Crippen LogP contribution in [-0.2, 0) is 6.42 Å². The Labute approximate surface area is 101 Å². The van der Waals surface area contributed by atoms with E-state index in [9.17, 15) is 4.39 Å². The van der Waals surface area contributed by atoms with Crippen molar-refractivity contribution in [1.29, 1.82) is 0 Å². The van der Waals surface area contributed by atoms with Crippen molar-refractivity contribution in [3.63, 3.8) is 0 Å². The first kappa shape index (κ1) is 12.2. The molecule has 0 aliphatic heterocycles. The maximum absolute atomic E-state index is 13.5. The molecule has 0 amide bonds. The summed E-state index contributed by atoms with van der Waals surface area (Å²) in [6.07, 6.45) is 2.84. The largest absolute Gasteiger partial charge is 0.205 e. The highest BCUT2D eigenvalue weighted by molar-refractivity contribution is 9.10. The van der Waals surface area contributed by atoms with E-state index >= 15 is 0 Å². The maximum atomic E-state index is 13.5. The average Bonchev–Trinajstić information content (AvgIpc) is 2.20. The van der Waals surface area contributed by atoms with Crippen molar-refractivity contribution in [2.24, 2.45) is 0 Å². The summed E-state index contributed by atoms with van der Waals surface area (Å²) in [4.78, 5) is 0.487. The average molecular weight is 324 g/mol. The van der Waals surface area contributed by atoms with Crippen molar-refractivity contribution in [2.75, 3.05) is 0 Å². The smallest absolute Gasteiger partial charge is 0.140 e. The van der Waals surface area contributed by atoms with Crippen LogP contribution in [-0.4, -0.2) is 4.83 Å². The Bertz CT molecular complexity index is 299. The lowest BCUT2D eigenvalue weighted by molar-refractivity contribution is 0.595. The van der Waals surface area contributed by atoms with Crippen LogP contribution in [0.3, 0.4) is 0 Å². The van der Waals surface area contributed by atoms with Crippen molar-refractivity contribution >= 4 is 31.9 Å². The van der Waals surface area contributed by atoms with Crippen LogP contribution < -0.4 is 0 Å². The molecule has 0 saturated carbocycles. The molecule has 0 saturated heterocycles. The summed E-state index contributed by atoms with van der Waals surface area (Å²) < 4.78 is 14.0. The van der Waals surface area contributed by atoms with Gasteiger partial charge in [0.05, 0.1) is 4.47 Å². The molecule has 0 fully saturated rings. The van der Waals surface area contributed by atoms with Gasteiger partial charge in [-0.25, -0.2) is 4.39 Å². The molecule has 0 bridgehead atoms. The molecule has 1 rings (SSSR count). The molecule has 3 heteroatoms. The molecule has 1 aromatic carbocycles. The van der Waals surface area contributed by atoms with Gasteiger partial charge in [-0.15, -0.1) is 0 Å². The van der Waals surface area contributed by atoms with Gasteiger partial charge in [-0.05, 0) is 46.8 Å². The number of alkyl halides is 1. The SMILES string of the molecule is CCC(Br)CCc1cccc(Br)c1F. The van der Waals surface area contributed by atoms with Gasteiger partial charge >= 0.3 is 0 Å². The Kier molecular flexibility index (Phi) is 5.10. The molecule has 0 aliphatic rings. The minimum Gasteiger partial charge on any atom is -0.205 e. The Morgan fingerprint density at radius 3 is 2.79 bits per heavy atom. The first-order valence-corrected chi connectivity index (χ1v) is 6.43. The Morgan fingerprint density at radius 1 is 1.43 bits per heavy atom. The fourth-order valence-electron chi connectivity index (χ4n) is 1.26. The molecule has 0 N–H and O–H groups in total. The standard InChI is InChI=1S/C11H13Br2F/c1-2-9(12)7-6-8-4-3-5-10(13)11(8)14/h3-5,9H,2,6-7H2,1H3. The van der Waals surface area contributed by atoms with E-state index in [0.29, 0.717) is 9.30 Å². The van der Waals surface area contributed by atoms with Crippen LogP contribution in [0.25, 0.3) is 0 Å². The highest BCUT2D eigenvalue weighted by atomic mass is 79.9. The van der Waals surface area contributed by atoms with Gasteiger partial charge in [0, 0.05) is 4.83 Å². The van der Waals surface area contributed by atoms with Crippen LogP contribution in [0.15, 0.2) is 22.7 Å². The number of halogens is 3. The minimum atomic E-state index is -0.122. The highest BCUT2D eigenvalue weighted by Crippen LogP contribution is 2.21. The molecule has 14 heavy (non-hydrogen) atoms. The zero-order valence-electron chi connectivity index (χ0n) is 8.06. The molecule has 1 unspecified atom stereocenters. The predicted molar refractivity (Wildman–Crippen MR) is 65.4 cm³/mol. The van der Waals surface area contributed by atoms with Gasteiger partial charge in [0.2, 0.25) is 0 Å². The van der Waals surface area contributed by atoms with Crippen LogP contribution >= 0.6 is 31.9 Å². The molecule has 0 spiro atoms. The van der Waals surface area contributed by atoms with E-state index in [1.54, 1.807) is 6.07 Å². The fourth-order valence-corrected chi connectivity index (χ4v) is 1.89. The first-order chi connectivity index (χ1) is 6.65. The normalized spacial score (nSPS) is 12.9. The Morgan fingerprint density at radius 2 is 2.14 bits per heavy atom. The summed E-state index contributed by atoms with van der Waals surface area (Å²) in [5.74, 6) is -0.122. The lowest BCUT2D eigenvalue weighted by Gasteiger charge is -2.07. The van der Waals surface area contributed by atoms with Crippen LogP contribution in [0.1, 0.15) is 25.3 Å². The van der Waals surface area contributed by atoms with E-state index in [1.165, 1.54) is 0 Å². The Balaban J connectivity index is 2.63. The number of aryl methyl sites for hydroxylation is 1. The summed E-state index contributed by atoms with van der Waals surface area (Å²) in [6.45, 7) is 2.12. The molecule has 0 nitrogen and oxygen atoms in total. The second-order valence-corrected chi connectivity index (χ2v) is 5.41. The predicted octanol–water partition coefficient (Wildman–Crippen LogP) is 4.69. The molecular weight excluding hydrogens is 311 g/mol. The molecule has 0 aromatic heterocycles. The summed E-state index contributed by atoms with van der Waals surface area (Å²) >= 11 is 6.73. The zero-order chi connectivity index (χ0) is 10.6. The zero-order valence-corrected chi connectivity index (χ0v) is 11.2. The van der Waals surface area contributed by atoms with E-state index in [-0.39, 0.29) is 5.82 Å². The lowest BCUT2D eigenvalue weighted by atomic mass is 10.1. The number of hydrogen-bond acceptors (Lipinski definition) is 0. The van der Waals surface area contributed by atoms with E-state index in [4.69, 9.17) is 0 Å². The van der Waals surface area contributed by atoms with E-state index in [2.05, 4.69) is 38.8 Å². The van der Waals surface area contributed by atoms with Crippen molar-refractivity contribution in [3.05, 3.63) is 34.1 Å². The lowest BCUT2D eigenvalue weighted by Crippen LogP contribution is -2.00. The highest BCUT2D eigenvalue weighted by Gasteiger charge is 2.07. The molecule has 78 valence electrons. The summed E-state index contributed by atoms with van der Waals surface area (Å²) in [5, 5.41) is 0. The molecule has 0 radical (unpaired) electrons. The van der Waals surface area contributed by atoms with Gasteiger partial charge in [0.25, 0.3) is 0 Å². The second-order valence-electron chi connectivity index (χ2n) is 3.26. The van der Waals surface area contributed by atoms with Crippen molar-refractivity contribution in [3.8, 4) is 0 Å². The van der Waals surface area contributed by atoms with E-state index in [0.717, 1.165) is 24.8 Å². The Hall–Kier alpha value is 0.110. The summed E-state index contributed by atoms with van der Waals surface area (Å²) in [5.41, 5.74) is 0.789. The monoisotopic (exact) mass is 322 g/mol. The van der Waals surface area contributed by atoms with Crippen LogP contribution in [0.4, 0.5) is 4.39 Å².